The first-order valence-corrected chi connectivity index (χ1v) is 5.34. The molecule has 18 heavy (non-hydrogen) atoms. The molecule has 1 heterocycles. The van der Waals surface area contributed by atoms with Crippen molar-refractivity contribution in [3.8, 4) is 0 Å². The molecule has 1 unspecified atom stereocenters. The van der Waals surface area contributed by atoms with Gasteiger partial charge in [0.05, 0.1) is 6.54 Å². The van der Waals surface area contributed by atoms with Crippen LogP contribution in [0.15, 0.2) is 10.6 Å². The molecule has 0 saturated carbocycles. The highest BCUT2D eigenvalue weighted by molar-refractivity contribution is 5.74. The highest BCUT2D eigenvalue weighted by Gasteiger charge is 2.12. The number of aliphatic hydroxyl groups excluding tert-OH is 1. The average Bonchev–Trinajstić information content (AvgIpc) is 2.72. The van der Waals surface area contributed by atoms with Crippen molar-refractivity contribution in [1.82, 2.24) is 15.8 Å². The molecule has 0 aliphatic heterocycles. The van der Waals surface area contributed by atoms with Gasteiger partial charge in [-0.2, -0.15) is 0 Å². The Morgan fingerprint density at radius 1 is 1.50 bits per heavy atom. The third kappa shape index (κ3) is 4.83. The lowest BCUT2D eigenvalue weighted by Crippen LogP contribution is -2.37. The molecule has 0 fully saturated rings. The molecule has 1 atom stereocenters. The van der Waals surface area contributed by atoms with Gasteiger partial charge in [0.1, 0.15) is 11.5 Å². The summed E-state index contributed by atoms with van der Waals surface area (Å²) in [6.07, 6.45) is -1.52. The Kier molecular flexibility index (Phi) is 5.12. The van der Waals surface area contributed by atoms with Crippen molar-refractivity contribution in [3.05, 3.63) is 17.5 Å². The highest BCUT2D eigenvalue weighted by Crippen LogP contribution is 2.00. The number of aromatic nitrogens is 1. The summed E-state index contributed by atoms with van der Waals surface area (Å²) in [5.74, 6) is -0.660. The molecule has 8 nitrogen and oxygen atoms in total. The van der Waals surface area contributed by atoms with Gasteiger partial charge in [-0.15, -0.1) is 0 Å². The third-order valence-corrected chi connectivity index (χ3v) is 2.10. The van der Waals surface area contributed by atoms with Crippen LogP contribution in [0.4, 0.5) is 4.79 Å². The number of aliphatic hydroxyl groups is 1. The maximum atomic E-state index is 11.3. The molecule has 0 aliphatic rings. The van der Waals surface area contributed by atoms with Crippen LogP contribution >= 0.6 is 0 Å². The minimum Gasteiger partial charge on any atom is -0.479 e. The number of nitrogens with zero attached hydrogens (tertiary/aromatic N) is 1. The van der Waals surface area contributed by atoms with Crippen molar-refractivity contribution in [3.63, 3.8) is 0 Å². The smallest absolute Gasteiger partial charge is 0.332 e. The molecule has 0 saturated heterocycles. The predicted octanol–water partition coefficient (Wildman–Crippen LogP) is -0.382. The van der Waals surface area contributed by atoms with Crippen LogP contribution in [-0.4, -0.2) is 40.0 Å². The minimum absolute atomic E-state index is 0.0498. The number of amides is 2. The number of hydrogen-bond donors (Lipinski definition) is 4. The Bertz CT molecular complexity index is 417. The SMILES string of the molecule is Cc1cc(CNC(=O)NCCC(O)C(=O)O)no1. The van der Waals surface area contributed by atoms with Gasteiger partial charge in [0, 0.05) is 19.0 Å². The van der Waals surface area contributed by atoms with Gasteiger partial charge < -0.3 is 25.4 Å². The number of urea groups is 1. The number of rotatable bonds is 6. The van der Waals surface area contributed by atoms with Crippen molar-refractivity contribution < 1.29 is 24.3 Å². The van der Waals surface area contributed by atoms with Crippen molar-refractivity contribution in [2.24, 2.45) is 0 Å². The zero-order chi connectivity index (χ0) is 13.5. The Morgan fingerprint density at radius 2 is 2.22 bits per heavy atom. The number of aryl methyl sites for hydroxylation is 1. The van der Waals surface area contributed by atoms with E-state index in [1.165, 1.54) is 0 Å². The summed E-state index contributed by atoms with van der Waals surface area (Å²) >= 11 is 0. The molecule has 1 aromatic heterocycles. The summed E-state index contributed by atoms with van der Waals surface area (Å²) in [5, 5.41) is 26.0. The van der Waals surface area contributed by atoms with Crippen LogP contribution in [0, 0.1) is 6.92 Å². The molecule has 1 rings (SSSR count). The maximum absolute atomic E-state index is 11.3. The van der Waals surface area contributed by atoms with E-state index in [2.05, 4.69) is 15.8 Å². The van der Waals surface area contributed by atoms with Crippen LogP contribution in [-0.2, 0) is 11.3 Å². The van der Waals surface area contributed by atoms with E-state index in [0.717, 1.165) is 0 Å². The topological polar surface area (TPSA) is 125 Å². The molecule has 2 amide bonds. The average molecular weight is 257 g/mol. The molecule has 4 N–H and O–H groups in total. The van der Waals surface area contributed by atoms with E-state index >= 15 is 0 Å². The van der Waals surface area contributed by atoms with Gasteiger partial charge in [-0.25, -0.2) is 9.59 Å². The maximum Gasteiger partial charge on any atom is 0.332 e. The number of nitrogens with one attached hydrogen (secondary N) is 2. The lowest BCUT2D eigenvalue weighted by molar-refractivity contribution is -0.146. The largest absolute Gasteiger partial charge is 0.479 e. The zero-order valence-corrected chi connectivity index (χ0v) is 9.84. The molecule has 0 spiro atoms. The minimum atomic E-state index is -1.47. The van der Waals surface area contributed by atoms with Crippen LogP contribution in [0.25, 0.3) is 0 Å². The Morgan fingerprint density at radius 3 is 2.78 bits per heavy atom. The number of carboxylic acids is 1. The molecule has 0 radical (unpaired) electrons. The van der Waals surface area contributed by atoms with E-state index in [0.29, 0.717) is 11.5 Å². The fourth-order valence-corrected chi connectivity index (χ4v) is 1.18. The highest BCUT2D eigenvalue weighted by atomic mass is 16.5. The second-order valence-electron chi connectivity index (χ2n) is 3.68. The number of aliphatic carboxylic acids is 1. The number of hydrogen-bond acceptors (Lipinski definition) is 5. The van der Waals surface area contributed by atoms with E-state index in [1.54, 1.807) is 13.0 Å². The van der Waals surface area contributed by atoms with Crippen LogP contribution in [0.2, 0.25) is 0 Å². The van der Waals surface area contributed by atoms with E-state index in [-0.39, 0.29) is 19.5 Å². The van der Waals surface area contributed by atoms with Crippen LogP contribution in [0.5, 0.6) is 0 Å². The first kappa shape index (κ1) is 14.0. The summed E-state index contributed by atoms with van der Waals surface area (Å²) in [4.78, 5) is 21.6. The Labute approximate surface area is 103 Å². The lowest BCUT2D eigenvalue weighted by atomic mass is 10.2. The molecule has 0 bridgehead atoms. The van der Waals surface area contributed by atoms with E-state index < -0.39 is 18.1 Å². The Balaban J connectivity index is 2.16. The standard InChI is InChI=1S/C10H15N3O5/c1-6-4-7(13-18-6)5-12-10(17)11-3-2-8(14)9(15)16/h4,8,14H,2-3,5H2,1H3,(H,15,16)(H2,11,12,17). The quantitative estimate of drug-likeness (QED) is 0.550. The monoisotopic (exact) mass is 257 g/mol. The zero-order valence-electron chi connectivity index (χ0n) is 9.84. The van der Waals surface area contributed by atoms with Gasteiger partial charge in [-0.1, -0.05) is 5.16 Å². The van der Waals surface area contributed by atoms with E-state index in [9.17, 15) is 9.59 Å². The summed E-state index contributed by atoms with van der Waals surface area (Å²) < 4.78 is 4.82. The van der Waals surface area contributed by atoms with Crippen molar-refractivity contribution in [2.45, 2.75) is 26.0 Å². The molecule has 1 aromatic rings. The fraction of sp³-hybridized carbons (Fsp3) is 0.500. The second-order valence-corrected chi connectivity index (χ2v) is 3.68. The molecular formula is C10H15N3O5. The van der Waals surface area contributed by atoms with E-state index in [1.807, 2.05) is 0 Å². The summed E-state index contributed by atoms with van der Waals surface area (Å²) in [6.45, 7) is 2.02. The van der Waals surface area contributed by atoms with Crippen molar-refractivity contribution >= 4 is 12.0 Å². The second kappa shape index (κ2) is 6.60. The summed E-state index contributed by atoms with van der Waals surface area (Å²) in [5.41, 5.74) is 0.591. The van der Waals surface area contributed by atoms with Gasteiger partial charge >= 0.3 is 12.0 Å². The summed E-state index contributed by atoms with van der Waals surface area (Å²) in [6, 6.07) is 1.22. The molecular weight excluding hydrogens is 242 g/mol. The fourth-order valence-electron chi connectivity index (χ4n) is 1.18. The van der Waals surface area contributed by atoms with Gasteiger partial charge in [0.25, 0.3) is 0 Å². The molecule has 100 valence electrons. The van der Waals surface area contributed by atoms with Crippen molar-refractivity contribution in [2.75, 3.05) is 6.54 Å². The lowest BCUT2D eigenvalue weighted by Gasteiger charge is -2.07. The number of carbonyl (C=O) groups is 2. The molecule has 0 aliphatic carbocycles. The van der Waals surface area contributed by atoms with Crippen LogP contribution in [0.1, 0.15) is 17.9 Å². The predicted molar refractivity (Wildman–Crippen MR) is 59.7 cm³/mol. The van der Waals surface area contributed by atoms with Crippen LogP contribution in [0.3, 0.4) is 0 Å². The Hall–Kier alpha value is -2.09. The molecule has 8 heteroatoms. The normalized spacial score (nSPS) is 11.9. The first-order valence-electron chi connectivity index (χ1n) is 5.34. The first-order chi connectivity index (χ1) is 8.49. The van der Waals surface area contributed by atoms with Crippen LogP contribution < -0.4 is 10.6 Å². The number of carbonyl (C=O) groups excluding carboxylic acids is 1. The summed E-state index contributed by atoms with van der Waals surface area (Å²) in [7, 11) is 0. The van der Waals surface area contributed by atoms with Gasteiger partial charge in [0.15, 0.2) is 6.10 Å². The van der Waals surface area contributed by atoms with Gasteiger partial charge in [-0.05, 0) is 6.92 Å². The third-order valence-electron chi connectivity index (χ3n) is 2.10. The molecule has 0 aromatic carbocycles. The van der Waals surface area contributed by atoms with Gasteiger partial charge in [-0.3, -0.25) is 0 Å². The van der Waals surface area contributed by atoms with Gasteiger partial charge in [0.2, 0.25) is 0 Å². The van der Waals surface area contributed by atoms with E-state index in [4.69, 9.17) is 14.7 Å². The number of carboxylic acid groups (broad SMARTS) is 1. The van der Waals surface area contributed by atoms with Crippen molar-refractivity contribution in [1.29, 1.82) is 0 Å².